The second-order valence-corrected chi connectivity index (χ2v) is 6.99. The largest absolute Gasteiger partial charge is 0.487 e. The Bertz CT molecular complexity index is 721. The van der Waals surface area contributed by atoms with E-state index in [1.54, 1.807) is 12.4 Å². The number of rotatable bonds is 2. The lowest BCUT2D eigenvalue weighted by Crippen LogP contribution is -2.42. The molecule has 2 heterocycles. The molecule has 1 aliphatic rings. The quantitative estimate of drug-likeness (QED) is 0.792. The average Bonchev–Trinajstić information content (AvgIpc) is 2.48. The lowest BCUT2D eigenvalue weighted by atomic mass is 9.90. The number of nitrogens with zero attached hydrogens (tertiary/aromatic N) is 1. The van der Waals surface area contributed by atoms with E-state index in [4.69, 9.17) is 28.6 Å². The predicted molar refractivity (Wildman–Crippen MR) is 97.1 cm³/mol. The molecule has 1 aliphatic heterocycles. The van der Waals surface area contributed by atoms with Crippen molar-refractivity contribution in [2.45, 2.75) is 31.9 Å². The zero-order valence-corrected chi connectivity index (χ0v) is 14.5. The molecule has 1 aromatic heterocycles. The summed E-state index contributed by atoms with van der Waals surface area (Å²) < 4.78 is 6.03. The van der Waals surface area contributed by atoms with E-state index in [2.05, 4.69) is 29.5 Å². The Kier molecular flexibility index (Phi) is 4.41. The van der Waals surface area contributed by atoms with E-state index in [0.29, 0.717) is 10.1 Å². The Morgan fingerprint density at radius 1 is 1.39 bits per heavy atom. The van der Waals surface area contributed by atoms with Gasteiger partial charge >= 0.3 is 0 Å². The van der Waals surface area contributed by atoms with E-state index in [9.17, 15) is 0 Å². The molecule has 1 atom stereocenters. The molecule has 1 unspecified atom stereocenters. The third-order valence-corrected chi connectivity index (χ3v) is 4.11. The van der Waals surface area contributed by atoms with Gasteiger partial charge < -0.3 is 15.4 Å². The zero-order chi connectivity index (χ0) is 16.4. The molecule has 0 amide bonds. The normalized spacial score (nSPS) is 18.5. The van der Waals surface area contributed by atoms with Gasteiger partial charge in [-0.05, 0) is 56.4 Å². The summed E-state index contributed by atoms with van der Waals surface area (Å²) >= 11 is 11.6. The van der Waals surface area contributed by atoms with Crippen LogP contribution in [0.4, 0.5) is 5.69 Å². The van der Waals surface area contributed by atoms with Crippen molar-refractivity contribution >= 4 is 34.6 Å². The third-order valence-electron chi connectivity index (χ3n) is 3.65. The molecule has 0 saturated carbocycles. The topological polar surface area (TPSA) is 46.2 Å². The van der Waals surface area contributed by atoms with Crippen molar-refractivity contribution in [2.24, 2.45) is 0 Å². The Hall–Kier alpha value is -1.85. The van der Waals surface area contributed by atoms with E-state index < -0.39 is 0 Å². The van der Waals surface area contributed by atoms with Gasteiger partial charge in [0.25, 0.3) is 0 Å². The molecule has 4 nitrogen and oxygen atoms in total. The lowest BCUT2D eigenvalue weighted by Gasteiger charge is -2.38. The van der Waals surface area contributed by atoms with Crippen molar-refractivity contribution in [3.63, 3.8) is 0 Å². The van der Waals surface area contributed by atoms with Gasteiger partial charge in [0, 0.05) is 23.2 Å². The van der Waals surface area contributed by atoms with Crippen LogP contribution in [0.15, 0.2) is 42.7 Å². The number of pyridine rings is 1. The number of fused-ring (bicyclic) bond motifs is 1. The van der Waals surface area contributed by atoms with Crippen molar-refractivity contribution < 1.29 is 4.74 Å². The van der Waals surface area contributed by atoms with Crippen molar-refractivity contribution in [2.75, 3.05) is 5.32 Å². The molecular formula is C17H18ClN3OS. The summed E-state index contributed by atoms with van der Waals surface area (Å²) in [4.78, 5) is 4.07. The highest BCUT2D eigenvalue weighted by Gasteiger charge is 2.34. The fraction of sp³-hybridized carbons (Fsp3) is 0.294. The molecule has 0 aliphatic carbocycles. The fourth-order valence-corrected chi connectivity index (χ4v) is 3.16. The van der Waals surface area contributed by atoms with Crippen molar-refractivity contribution in [1.82, 2.24) is 10.3 Å². The number of hydrogen-bond donors (Lipinski definition) is 2. The van der Waals surface area contributed by atoms with Crippen molar-refractivity contribution in [1.29, 1.82) is 0 Å². The highest BCUT2D eigenvalue weighted by molar-refractivity contribution is 7.80. The molecular weight excluding hydrogens is 330 g/mol. The number of nitrogens with one attached hydrogen (secondary N) is 2. The smallest absolute Gasteiger partial charge is 0.171 e. The van der Waals surface area contributed by atoms with Crippen LogP contribution in [0, 0.1) is 0 Å². The lowest BCUT2D eigenvalue weighted by molar-refractivity contribution is 0.0697. The van der Waals surface area contributed by atoms with Gasteiger partial charge in [-0.1, -0.05) is 11.6 Å². The summed E-state index contributed by atoms with van der Waals surface area (Å²) in [7, 11) is 0. The Labute approximate surface area is 146 Å². The molecule has 0 saturated heterocycles. The molecule has 1 aromatic carbocycles. The van der Waals surface area contributed by atoms with Gasteiger partial charge in [-0.15, -0.1) is 0 Å². The van der Waals surface area contributed by atoms with Crippen LogP contribution in [0.5, 0.6) is 5.75 Å². The van der Waals surface area contributed by atoms with Crippen LogP contribution in [0.25, 0.3) is 0 Å². The molecule has 0 radical (unpaired) electrons. The first-order valence-corrected chi connectivity index (χ1v) is 8.18. The van der Waals surface area contributed by atoms with Crippen molar-refractivity contribution in [3.05, 3.63) is 53.3 Å². The van der Waals surface area contributed by atoms with Gasteiger partial charge in [0.15, 0.2) is 5.11 Å². The fourth-order valence-electron chi connectivity index (χ4n) is 2.72. The summed E-state index contributed by atoms with van der Waals surface area (Å²) in [6.45, 7) is 4.13. The predicted octanol–water partition coefficient (Wildman–Crippen LogP) is 4.32. The van der Waals surface area contributed by atoms with Crippen molar-refractivity contribution in [3.8, 4) is 5.75 Å². The minimum atomic E-state index is -0.275. The molecule has 3 rings (SSSR count). The SMILES string of the molecule is CC1(C)CC(NC(=S)Nc2cccnc2)c2cc(Cl)ccc2O1. The Morgan fingerprint density at radius 3 is 2.96 bits per heavy atom. The minimum absolute atomic E-state index is 0.0316. The van der Waals surface area contributed by atoms with E-state index in [-0.39, 0.29) is 11.6 Å². The van der Waals surface area contributed by atoms with Gasteiger partial charge in [0.05, 0.1) is 17.9 Å². The van der Waals surface area contributed by atoms with Crippen LogP contribution in [0.1, 0.15) is 31.9 Å². The first-order valence-electron chi connectivity index (χ1n) is 7.39. The summed E-state index contributed by atoms with van der Waals surface area (Å²) in [5.74, 6) is 0.840. The summed E-state index contributed by atoms with van der Waals surface area (Å²) in [6, 6.07) is 9.48. The van der Waals surface area contributed by atoms with Gasteiger partial charge in [-0.25, -0.2) is 0 Å². The van der Waals surface area contributed by atoms with E-state index in [1.807, 2.05) is 30.3 Å². The summed E-state index contributed by atoms with van der Waals surface area (Å²) in [5, 5.41) is 7.74. The van der Waals surface area contributed by atoms with Crippen LogP contribution >= 0.6 is 23.8 Å². The van der Waals surface area contributed by atoms with Crippen LogP contribution in [-0.4, -0.2) is 15.7 Å². The number of anilines is 1. The number of aromatic nitrogens is 1. The second-order valence-electron chi connectivity index (χ2n) is 6.14. The molecule has 2 N–H and O–H groups in total. The third kappa shape index (κ3) is 3.92. The summed E-state index contributed by atoms with van der Waals surface area (Å²) in [5.41, 5.74) is 1.59. The average molecular weight is 348 g/mol. The second kappa shape index (κ2) is 6.34. The van der Waals surface area contributed by atoms with Gasteiger partial charge in [0.2, 0.25) is 0 Å². The summed E-state index contributed by atoms with van der Waals surface area (Å²) in [6.07, 6.45) is 4.24. The van der Waals surface area contributed by atoms with Crippen LogP contribution in [0.2, 0.25) is 5.02 Å². The highest BCUT2D eigenvalue weighted by Crippen LogP contribution is 2.40. The maximum Gasteiger partial charge on any atom is 0.171 e. The van der Waals surface area contributed by atoms with Gasteiger partial charge in [-0.3, -0.25) is 4.98 Å². The highest BCUT2D eigenvalue weighted by atomic mass is 35.5. The molecule has 23 heavy (non-hydrogen) atoms. The van der Waals surface area contributed by atoms with Crippen LogP contribution < -0.4 is 15.4 Å². The Morgan fingerprint density at radius 2 is 2.22 bits per heavy atom. The van der Waals surface area contributed by atoms with E-state index in [0.717, 1.165) is 23.4 Å². The molecule has 0 fully saturated rings. The standard InChI is InChI=1S/C17H18ClN3OS/c1-17(2)9-14(13-8-11(18)5-6-15(13)22-17)21-16(23)20-12-4-3-7-19-10-12/h3-8,10,14H,9H2,1-2H3,(H2,20,21,23). The molecule has 0 bridgehead atoms. The van der Waals surface area contributed by atoms with Crippen LogP contribution in [-0.2, 0) is 0 Å². The maximum atomic E-state index is 6.14. The van der Waals surface area contributed by atoms with Gasteiger partial charge in [-0.2, -0.15) is 0 Å². The first-order chi connectivity index (χ1) is 10.9. The number of thiocarbonyl (C=S) groups is 1. The number of hydrogen-bond acceptors (Lipinski definition) is 3. The number of ether oxygens (including phenoxy) is 1. The monoisotopic (exact) mass is 347 g/mol. The van der Waals surface area contributed by atoms with E-state index >= 15 is 0 Å². The van der Waals surface area contributed by atoms with Crippen LogP contribution in [0.3, 0.4) is 0 Å². The minimum Gasteiger partial charge on any atom is -0.487 e. The molecule has 0 spiro atoms. The Balaban J connectivity index is 1.79. The number of benzene rings is 1. The van der Waals surface area contributed by atoms with E-state index in [1.165, 1.54) is 0 Å². The molecule has 6 heteroatoms. The number of halogens is 1. The molecule has 2 aromatic rings. The van der Waals surface area contributed by atoms with Gasteiger partial charge in [0.1, 0.15) is 11.4 Å². The maximum absolute atomic E-state index is 6.14. The zero-order valence-electron chi connectivity index (χ0n) is 13.0. The first kappa shape index (κ1) is 16.0. The molecule has 120 valence electrons.